The van der Waals surface area contributed by atoms with Gasteiger partial charge in [0.2, 0.25) is 0 Å². The Hall–Kier alpha value is -4.37. The molecule has 0 atom stereocenters. The Morgan fingerprint density at radius 3 is 1.29 bits per heavy atom. The van der Waals surface area contributed by atoms with Gasteiger partial charge in [-0.3, -0.25) is 0 Å². The second-order valence-corrected chi connectivity index (χ2v) is 10.6. The average Bonchev–Trinajstić information content (AvgIpc) is 2.87. The van der Waals surface area contributed by atoms with E-state index in [-0.39, 0.29) is 0 Å². The molecule has 0 N–H and O–H groups in total. The summed E-state index contributed by atoms with van der Waals surface area (Å²) >= 11 is 0. The van der Waals surface area contributed by atoms with E-state index in [0.717, 1.165) is 44.6 Å². The van der Waals surface area contributed by atoms with Crippen LogP contribution in [0.4, 0.5) is 0 Å². The molecule has 0 fully saturated rings. The van der Waals surface area contributed by atoms with Gasteiger partial charge in [0.15, 0.2) is 0 Å². The van der Waals surface area contributed by atoms with Gasteiger partial charge in [-0.2, -0.15) is 0 Å². The number of aryl methyl sites for hydroxylation is 6. The molecule has 3 aromatic carbocycles. The first-order valence-electron chi connectivity index (χ1n) is 13.1. The van der Waals surface area contributed by atoms with Crippen LogP contribution in [0.2, 0.25) is 0 Å². The minimum Gasteiger partial charge on any atom is -0.246 e. The van der Waals surface area contributed by atoms with Crippen molar-refractivity contribution >= 4 is 21.8 Å². The summed E-state index contributed by atoms with van der Waals surface area (Å²) < 4.78 is 0. The van der Waals surface area contributed by atoms with Crippen molar-refractivity contribution in [2.75, 3.05) is 0 Å². The Morgan fingerprint density at radius 1 is 0.395 bits per heavy atom. The molecule has 6 aromatic rings. The highest BCUT2D eigenvalue weighted by atomic mass is 14.8. The lowest BCUT2D eigenvalue weighted by Gasteiger charge is -2.13. The highest BCUT2D eigenvalue weighted by Gasteiger charge is 2.14. The maximum absolute atomic E-state index is 5.17. The largest absolute Gasteiger partial charge is 0.246 e. The fraction of sp³-hybridized carbons (Fsp3) is 0.171. The van der Waals surface area contributed by atoms with E-state index >= 15 is 0 Å². The van der Waals surface area contributed by atoms with Crippen molar-refractivity contribution in [2.24, 2.45) is 0 Å². The van der Waals surface area contributed by atoms with Crippen LogP contribution in [0.1, 0.15) is 33.4 Å². The van der Waals surface area contributed by atoms with Crippen molar-refractivity contribution in [3.63, 3.8) is 0 Å². The molecule has 0 aliphatic heterocycles. The van der Waals surface area contributed by atoms with Crippen LogP contribution in [-0.4, -0.2) is 15.0 Å². The maximum atomic E-state index is 5.17. The molecular weight excluding hydrogens is 462 g/mol. The van der Waals surface area contributed by atoms with E-state index in [1.54, 1.807) is 0 Å². The number of pyridine rings is 3. The number of benzene rings is 3. The van der Waals surface area contributed by atoms with E-state index in [1.807, 2.05) is 6.07 Å². The predicted molar refractivity (Wildman–Crippen MR) is 160 cm³/mol. The molecule has 0 aliphatic rings. The van der Waals surface area contributed by atoms with Crippen molar-refractivity contribution in [3.8, 4) is 33.9 Å². The molecule has 0 saturated carbocycles. The van der Waals surface area contributed by atoms with E-state index in [1.165, 1.54) is 44.5 Å². The normalized spacial score (nSPS) is 11.4. The Kier molecular flexibility index (Phi) is 5.80. The molecule has 3 nitrogen and oxygen atoms in total. The fourth-order valence-electron chi connectivity index (χ4n) is 5.93. The van der Waals surface area contributed by atoms with E-state index in [9.17, 15) is 0 Å². The van der Waals surface area contributed by atoms with Crippen LogP contribution in [-0.2, 0) is 0 Å². The third-order valence-corrected chi connectivity index (χ3v) is 7.40. The smallest absolute Gasteiger partial charge is 0.0973 e. The van der Waals surface area contributed by atoms with Crippen LogP contribution >= 0.6 is 0 Å². The Labute approximate surface area is 224 Å². The topological polar surface area (TPSA) is 38.7 Å². The molecule has 0 unspecified atom stereocenters. The lowest BCUT2D eigenvalue weighted by Crippen LogP contribution is -1.96. The first kappa shape index (κ1) is 24.0. The minimum atomic E-state index is 0.851. The van der Waals surface area contributed by atoms with E-state index < -0.39 is 0 Å². The van der Waals surface area contributed by atoms with Gasteiger partial charge >= 0.3 is 0 Å². The summed E-state index contributed by atoms with van der Waals surface area (Å²) in [5.41, 5.74) is 15.4. The summed E-state index contributed by atoms with van der Waals surface area (Å²) in [4.78, 5) is 15.4. The zero-order valence-corrected chi connectivity index (χ0v) is 22.8. The van der Waals surface area contributed by atoms with Crippen LogP contribution in [0.5, 0.6) is 0 Å². The fourth-order valence-corrected chi connectivity index (χ4v) is 5.93. The quantitative estimate of drug-likeness (QED) is 0.231. The van der Waals surface area contributed by atoms with Crippen LogP contribution in [0.15, 0.2) is 78.9 Å². The third-order valence-electron chi connectivity index (χ3n) is 7.40. The van der Waals surface area contributed by atoms with Crippen molar-refractivity contribution in [1.29, 1.82) is 0 Å². The Balaban J connectivity index is 1.52. The van der Waals surface area contributed by atoms with Crippen LogP contribution in [0.25, 0.3) is 55.7 Å². The van der Waals surface area contributed by atoms with Crippen molar-refractivity contribution in [3.05, 3.63) is 112 Å². The number of hydrogen-bond acceptors (Lipinski definition) is 3. The molecule has 0 saturated heterocycles. The molecule has 0 radical (unpaired) electrons. The standard InChI is InChI=1S/C35H31N3/c1-20-16-22(3)32(23(4)17-20)30-9-7-8-28(36-30)29-14-12-26-10-11-27-13-15-31(38-35(27)34(26)37-29)33-24(5)18-21(2)19-25(33)6/h7-19H,1-6H3. The number of hydrogen-bond donors (Lipinski definition) is 0. The summed E-state index contributed by atoms with van der Waals surface area (Å²) in [6, 6.07) is 27.8. The number of nitrogens with zero attached hydrogens (tertiary/aromatic N) is 3. The number of aromatic nitrogens is 3. The molecule has 0 spiro atoms. The van der Waals surface area contributed by atoms with Gasteiger partial charge in [0.25, 0.3) is 0 Å². The van der Waals surface area contributed by atoms with E-state index in [0.29, 0.717) is 0 Å². The molecule has 186 valence electrons. The molecule has 6 rings (SSSR count). The predicted octanol–water partition coefficient (Wildman–Crippen LogP) is 9.03. The summed E-state index contributed by atoms with van der Waals surface area (Å²) in [7, 11) is 0. The molecule has 3 heterocycles. The third kappa shape index (κ3) is 4.14. The second kappa shape index (κ2) is 9.18. The molecule has 3 aromatic heterocycles. The lowest BCUT2D eigenvalue weighted by molar-refractivity contribution is 1.24. The maximum Gasteiger partial charge on any atom is 0.0973 e. The van der Waals surface area contributed by atoms with E-state index in [2.05, 4.69) is 114 Å². The van der Waals surface area contributed by atoms with Gasteiger partial charge in [-0.25, -0.2) is 15.0 Å². The van der Waals surface area contributed by atoms with Crippen LogP contribution in [0, 0.1) is 41.5 Å². The highest BCUT2D eigenvalue weighted by Crippen LogP contribution is 2.32. The van der Waals surface area contributed by atoms with E-state index in [4.69, 9.17) is 15.0 Å². The van der Waals surface area contributed by atoms with Crippen LogP contribution in [0.3, 0.4) is 0 Å². The minimum absolute atomic E-state index is 0.851. The van der Waals surface area contributed by atoms with Crippen LogP contribution < -0.4 is 0 Å². The number of fused-ring (bicyclic) bond motifs is 3. The number of rotatable bonds is 3. The van der Waals surface area contributed by atoms with Gasteiger partial charge in [-0.15, -0.1) is 0 Å². The van der Waals surface area contributed by atoms with Gasteiger partial charge < -0.3 is 0 Å². The zero-order chi connectivity index (χ0) is 26.6. The highest BCUT2D eigenvalue weighted by molar-refractivity contribution is 6.04. The monoisotopic (exact) mass is 493 g/mol. The van der Waals surface area contributed by atoms with Gasteiger partial charge in [0, 0.05) is 21.9 Å². The first-order valence-corrected chi connectivity index (χ1v) is 13.1. The van der Waals surface area contributed by atoms with Crippen molar-refractivity contribution in [1.82, 2.24) is 15.0 Å². The molecule has 0 amide bonds. The Bertz CT molecular complexity index is 1840. The first-order chi connectivity index (χ1) is 18.3. The lowest BCUT2D eigenvalue weighted by atomic mass is 9.96. The molecule has 0 bridgehead atoms. The Morgan fingerprint density at radius 2 is 0.763 bits per heavy atom. The summed E-state index contributed by atoms with van der Waals surface area (Å²) in [5.74, 6) is 0. The van der Waals surface area contributed by atoms with Gasteiger partial charge in [-0.1, -0.05) is 65.7 Å². The SMILES string of the molecule is Cc1cc(C)c(-c2cccc(-c3ccc4ccc5ccc(-c6c(C)cc(C)cc6C)nc5c4n3)n2)c(C)c1. The van der Waals surface area contributed by atoms with Crippen molar-refractivity contribution in [2.45, 2.75) is 41.5 Å². The van der Waals surface area contributed by atoms with Gasteiger partial charge in [0.1, 0.15) is 0 Å². The van der Waals surface area contributed by atoms with Crippen molar-refractivity contribution < 1.29 is 0 Å². The molecule has 0 aliphatic carbocycles. The van der Waals surface area contributed by atoms with Gasteiger partial charge in [0.05, 0.1) is 33.8 Å². The average molecular weight is 494 g/mol. The molecule has 3 heteroatoms. The second-order valence-electron chi connectivity index (χ2n) is 10.6. The summed E-state index contributed by atoms with van der Waals surface area (Å²) in [5, 5.41) is 2.16. The summed E-state index contributed by atoms with van der Waals surface area (Å²) in [6.45, 7) is 12.9. The summed E-state index contributed by atoms with van der Waals surface area (Å²) in [6.07, 6.45) is 0. The molecule has 38 heavy (non-hydrogen) atoms. The molecular formula is C35H31N3. The zero-order valence-electron chi connectivity index (χ0n) is 22.8. The van der Waals surface area contributed by atoms with Gasteiger partial charge in [-0.05, 0) is 88.1 Å².